The fourth-order valence-corrected chi connectivity index (χ4v) is 2.47. The Morgan fingerprint density at radius 1 is 1.14 bits per heavy atom. The van der Waals surface area contributed by atoms with Gasteiger partial charge >= 0.3 is 0 Å². The molecule has 4 heteroatoms. The van der Waals surface area contributed by atoms with Gasteiger partial charge in [0.2, 0.25) is 0 Å². The number of ketones is 1. The van der Waals surface area contributed by atoms with Crippen molar-refractivity contribution in [3.63, 3.8) is 0 Å². The van der Waals surface area contributed by atoms with E-state index >= 15 is 0 Å². The van der Waals surface area contributed by atoms with Crippen molar-refractivity contribution < 1.29 is 4.79 Å². The maximum atomic E-state index is 12.2. The highest BCUT2D eigenvalue weighted by Crippen LogP contribution is 2.21. The van der Waals surface area contributed by atoms with Crippen LogP contribution in [0, 0.1) is 16.7 Å². The number of Topliss-reactive ketones (excluding diaryl/α,β-unsaturated/α-hetero) is 1. The van der Waals surface area contributed by atoms with Crippen LogP contribution >= 0.6 is 0 Å². The summed E-state index contributed by atoms with van der Waals surface area (Å²) < 4.78 is 0. The average Bonchev–Trinajstić information content (AvgIpc) is 2.52. The number of hydrogen-bond donors (Lipinski definition) is 0. The highest BCUT2D eigenvalue weighted by molar-refractivity contribution is 6.02. The Kier molecular flexibility index (Phi) is 4.87. The zero-order chi connectivity index (χ0) is 16.2. The number of carbonyl (C=O) groups is 1. The van der Waals surface area contributed by atoms with Gasteiger partial charge in [-0.25, -0.2) is 0 Å². The molecule has 1 aliphatic rings. The summed E-state index contributed by atoms with van der Waals surface area (Å²) in [5.74, 6) is -0.0968. The molecule has 0 aromatic heterocycles. The number of para-hydroxylation sites is 1. The minimum Gasteiger partial charge on any atom is -0.373 e. The molecule has 0 spiro atoms. The number of allylic oxidation sites excluding steroid dienone is 1. The molecule has 1 saturated heterocycles. The predicted octanol–water partition coefficient (Wildman–Crippen LogP) is 2.83. The van der Waals surface area contributed by atoms with E-state index in [1.807, 2.05) is 39.0 Å². The number of piperazine rings is 1. The van der Waals surface area contributed by atoms with Crippen molar-refractivity contribution in [2.75, 3.05) is 31.1 Å². The third kappa shape index (κ3) is 3.88. The number of benzene rings is 1. The summed E-state index contributed by atoms with van der Waals surface area (Å²) in [6, 6.07) is 12.4. The number of anilines is 1. The maximum Gasteiger partial charge on any atom is 0.180 e. The Morgan fingerprint density at radius 3 is 2.23 bits per heavy atom. The lowest BCUT2D eigenvalue weighted by Gasteiger charge is -2.35. The fourth-order valence-electron chi connectivity index (χ4n) is 2.47. The smallest absolute Gasteiger partial charge is 0.180 e. The fraction of sp³-hybridized carbons (Fsp3) is 0.444. The summed E-state index contributed by atoms with van der Waals surface area (Å²) in [6.07, 6.45) is 1.73. The largest absolute Gasteiger partial charge is 0.373 e. The number of hydrogen-bond acceptors (Lipinski definition) is 4. The lowest BCUT2D eigenvalue weighted by atomic mass is 9.87. The molecule has 22 heavy (non-hydrogen) atoms. The molecular weight excluding hydrogens is 274 g/mol. The van der Waals surface area contributed by atoms with Gasteiger partial charge < -0.3 is 9.80 Å². The Bertz CT molecular complexity index is 585. The number of nitrogens with zero attached hydrogens (tertiary/aromatic N) is 3. The summed E-state index contributed by atoms with van der Waals surface area (Å²) >= 11 is 0. The van der Waals surface area contributed by atoms with Crippen LogP contribution in [0.2, 0.25) is 0 Å². The minimum atomic E-state index is -0.520. The predicted molar refractivity (Wildman–Crippen MR) is 88.4 cm³/mol. The summed E-state index contributed by atoms with van der Waals surface area (Å²) in [7, 11) is 0. The molecule has 0 saturated carbocycles. The van der Waals surface area contributed by atoms with Crippen LogP contribution in [-0.4, -0.2) is 36.9 Å². The summed E-state index contributed by atoms with van der Waals surface area (Å²) in [6.45, 7) is 8.94. The molecule has 116 valence electrons. The van der Waals surface area contributed by atoms with Crippen LogP contribution in [0.1, 0.15) is 20.8 Å². The molecule has 1 aromatic rings. The van der Waals surface area contributed by atoms with Gasteiger partial charge in [0.1, 0.15) is 11.6 Å². The van der Waals surface area contributed by atoms with Crippen molar-refractivity contribution in [1.29, 1.82) is 5.26 Å². The lowest BCUT2D eigenvalue weighted by Crippen LogP contribution is -2.44. The van der Waals surface area contributed by atoms with Crippen molar-refractivity contribution in [1.82, 2.24) is 4.90 Å². The molecule has 0 atom stereocenters. The first-order valence-electron chi connectivity index (χ1n) is 7.62. The molecule has 1 aromatic carbocycles. The summed E-state index contributed by atoms with van der Waals surface area (Å²) in [5, 5.41) is 9.24. The molecule has 4 nitrogen and oxygen atoms in total. The van der Waals surface area contributed by atoms with E-state index in [4.69, 9.17) is 0 Å². The molecule has 0 radical (unpaired) electrons. The molecule has 0 aliphatic carbocycles. The third-order valence-corrected chi connectivity index (χ3v) is 3.79. The van der Waals surface area contributed by atoms with Gasteiger partial charge in [-0.05, 0) is 12.1 Å². The van der Waals surface area contributed by atoms with E-state index in [1.165, 1.54) is 5.69 Å². The zero-order valence-corrected chi connectivity index (χ0v) is 13.5. The van der Waals surface area contributed by atoms with Gasteiger partial charge in [0.25, 0.3) is 0 Å². The van der Waals surface area contributed by atoms with E-state index in [0.29, 0.717) is 0 Å². The Hall–Kier alpha value is -2.28. The quantitative estimate of drug-likeness (QED) is 0.636. The van der Waals surface area contributed by atoms with Crippen LogP contribution in [0.15, 0.2) is 42.1 Å². The van der Waals surface area contributed by atoms with Gasteiger partial charge in [-0.1, -0.05) is 39.0 Å². The standard InChI is InChI=1S/C18H23N3O/c1-18(2,3)17(22)15(13-19)14-20-9-11-21(12-10-20)16-7-5-4-6-8-16/h4-8,14H,9-12H2,1-3H3/b15-14-. The number of carbonyl (C=O) groups excluding carboxylic acids is 1. The maximum absolute atomic E-state index is 12.2. The van der Waals surface area contributed by atoms with Gasteiger partial charge in [-0.2, -0.15) is 5.26 Å². The topological polar surface area (TPSA) is 47.3 Å². The molecule has 0 unspecified atom stereocenters. The second kappa shape index (κ2) is 6.65. The third-order valence-electron chi connectivity index (χ3n) is 3.79. The SMILES string of the molecule is CC(C)(C)C(=O)/C(C#N)=C\N1CCN(c2ccccc2)CC1. The molecule has 0 bridgehead atoms. The van der Waals surface area contributed by atoms with E-state index in [9.17, 15) is 10.1 Å². The highest BCUT2D eigenvalue weighted by atomic mass is 16.1. The van der Waals surface area contributed by atoms with Gasteiger partial charge in [0.05, 0.1) is 0 Å². The molecule has 2 rings (SSSR count). The monoisotopic (exact) mass is 297 g/mol. The van der Waals surface area contributed by atoms with E-state index < -0.39 is 5.41 Å². The molecular formula is C18H23N3O. The van der Waals surface area contributed by atoms with Crippen molar-refractivity contribution in [2.45, 2.75) is 20.8 Å². The molecule has 1 heterocycles. The summed E-state index contributed by atoms with van der Waals surface area (Å²) in [5.41, 5.74) is 0.950. The Labute approximate surface area is 132 Å². The zero-order valence-electron chi connectivity index (χ0n) is 13.5. The van der Waals surface area contributed by atoms with Crippen molar-refractivity contribution in [3.8, 4) is 6.07 Å². The van der Waals surface area contributed by atoms with Gasteiger partial charge in [0.15, 0.2) is 5.78 Å². The molecule has 1 aliphatic heterocycles. The van der Waals surface area contributed by atoms with Gasteiger partial charge in [-0.3, -0.25) is 4.79 Å². The molecule has 0 N–H and O–H groups in total. The van der Waals surface area contributed by atoms with Crippen molar-refractivity contribution >= 4 is 11.5 Å². The van der Waals surface area contributed by atoms with Crippen LogP contribution in [0.25, 0.3) is 0 Å². The van der Waals surface area contributed by atoms with E-state index in [-0.39, 0.29) is 11.4 Å². The molecule has 1 fully saturated rings. The van der Waals surface area contributed by atoms with Crippen molar-refractivity contribution in [3.05, 3.63) is 42.1 Å². The number of nitriles is 1. The van der Waals surface area contributed by atoms with Crippen LogP contribution in [0.4, 0.5) is 5.69 Å². The van der Waals surface area contributed by atoms with Crippen LogP contribution < -0.4 is 4.90 Å². The second-order valence-corrected chi connectivity index (χ2v) is 6.59. The highest BCUT2D eigenvalue weighted by Gasteiger charge is 2.26. The lowest BCUT2D eigenvalue weighted by molar-refractivity contribution is -0.122. The Morgan fingerprint density at radius 2 is 1.73 bits per heavy atom. The summed E-state index contributed by atoms with van der Waals surface area (Å²) in [4.78, 5) is 16.6. The number of rotatable bonds is 3. The van der Waals surface area contributed by atoms with Gasteiger partial charge in [-0.15, -0.1) is 0 Å². The van der Waals surface area contributed by atoms with Crippen molar-refractivity contribution in [2.24, 2.45) is 5.41 Å². The average molecular weight is 297 g/mol. The molecule has 0 amide bonds. The second-order valence-electron chi connectivity index (χ2n) is 6.59. The van der Waals surface area contributed by atoms with Crippen LogP contribution in [0.3, 0.4) is 0 Å². The van der Waals surface area contributed by atoms with E-state index in [2.05, 4.69) is 28.0 Å². The van der Waals surface area contributed by atoms with E-state index in [1.54, 1.807) is 6.20 Å². The Balaban J connectivity index is 2.01. The van der Waals surface area contributed by atoms with Crippen LogP contribution in [-0.2, 0) is 4.79 Å². The normalized spacial score (nSPS) is 16.4. The van der Waals surface area contributed by atoms with Crippen LogP contribution in [0.5, 0.6) is 0 Å². The first-order chi connectivity index (χ1) is 10.4. The first kappa shape index (κ1) is 16.1. The first-order valence-corrected chi connectivity index (χ1v) is 7.62. The van der Waals surface area contributed by atoms with Gasteiger partial charge in [0, 0.05) is 43.5 Å². The van der Waals surface area contributed by atoms with E-state index in [0.717, 1.165) is 26.2 Å². The minimum absolute atomic E-state index is 0.0968.